The van der Waals surface area contributed by atoms with Gasteiger partial charge in [-0.2, -0.15) is 0 Å². The molecule has 2 saturated heterocycles. The van der Waals surface area contributed by atoms with Crippen LogP contribution >= 0.6 is 0 Å². The lowest BCUT2D eigenvalue weighted by Crippen LogP contribution is -2.50. The van der Waals surface area contributed by atoms with Crippen LogP contribution in [0.5, 0.6) is 0 Å². The standard InChI is InChI=1S/C19H28FN3O/c1-21-18(24)14-22-11-8-19(9-12-22)7-4-10-23(15-19)13-16-5-2-3-6-17(16)20/h2-3,5-6H,4,7-15H2,1H3,(H,21,24). The van der Waals surface area contributed by atoms with Gasteiger partial charge in [0.25, 0.3) is 0 Å². The molecule has 2 aliphatic rings. The molecular formula is C19H28FN3O. The average molecular weight is 333 g/mol. The number of amides is 1. The van der Waals surface area contributed by atoms with Gasteiger partial charge >= 0.3 is 0 Å². The van der Waals surface area contributed by atoms with Crippen molar-refractivity contribution in [1.82, 2.24) is 15.1 Å². The topological polar surface area (TPSA) is 35.6 Å². The molecule has 5 heteroatoms. The van der Waals surface area contributed by atoms with Crippen molar-refractivity contribution in [2.24, 2.45) is 5.41 Å². The van der Waals surface area contributed by atoms with E-state index in [-0.39, 0.29) is 11.7 Å². The first kappa shape index (κ1) is 17.4. The van der Waals surface area contributed by atoms with Crippen LogP contribution in [0.4, 0.5) is 4.39 Å². The second-order valence-electron chi connectivity index (χ2n) is 7.35. The minimum atomic E-state index is -0.0995. The third-order valence-electron chi connectivity index (χ3n) is 5.66. The second kappa shape index (κ2) is 7.62. The molecule has 2 fully saturated rings. The van der Waals surface area contributed by atoms with Crippen LogP contribution in [0.1, 0.15) is 31.2 Å². The molecule has 1 aromatic carbocycles. The van der Waals surface area contributed by atoms with Gasteiger partial charge in [0.15, 0.2) is 0 Å². The number of halogens is 1. The van der Waals surface area contributed by atoms with Crippen LogP contribution in [0.3, 0.4) is 0 Å². The summed E-state index contributed by atoms with van der Waals surface area (Å²) in [7, 11) is 1.69. The number of likely N-dealkylation sites (N-methyl/N-ethyl adjacent to an activating group) is 1. The molecule has 0 saturated carbocycles. The third kappa shape index (κ3) is 4.14. The van der Waals surface area contributed by atoms with Crippen molar-refractivity contribution in [2.45, 2.75) is 32.2 Å². The average Bonchev–Trinajstić information content (AvgIpc) is 2.59. The predicted octanol–water partition coefficient (Wildman–Crippen LogP) is 2.25. The fraction of sp³-hybridized carbons (Fsp3) is 0.632. The van der Waals surface area contributed by atoms with Crippen LogP contribution in [0.15, 0.2) is 24.3 Å². The summed E-state index contributed by atoms with van der Waals surface area (Å²) in [6.45, 7) is 5.29. The fourth-order valence-electron chi connectivity index (χ4n) is 4.19. The Balaban J connectivity index is 1.56. The molecular weight excluding hydrogens is 305 g/mol. The number of piperidine rings is 2. The maximum absolute atomic E-state index is 13.9. The van der Waals surface area contributed by atoms with Gasteiger partial charge in [-0.05, 0) is 56.8 Å². The lowest BCUT2D eigenvalue weighted by molar-refractivity contribution is -0.122. The summed E-state index contributed by atoms with van der Waals surface area (Å²) >= 11 is 0. The number of nitrogens with zero attached hydrogens (tertiary/aromatic N) is 2. The molecule has 1 aromatic rings. The van der Waals surface area contributed by atoms with E-state index in [9.17, 15) is 9.18 Å². The van der Waals surface area contributed by atoms with Gasteiger partial charge in [0.2, 0.25) is 5.91 Å². The largest absolute Gasteiger partial charge is 0.358 e. The summed E-state index contributed by atoms with van der Waals surface area (Å²) in [5.74, 6) is -0.00621. The molecule has 2 heterocycles. The number of nitrogens with one attached hydrogen (secondary N) is 1. The van der Waals surface area contributed by atoms with Crippen molar-refractivity contribution in [3.8, 4) is 0 Å². The van der Waals surface area contributed by atoms with E-state index in [1.54, 1.807) is 19.2 Å². The molecule has 0 bridgehead atoms. The Kier molecular flexibility index (Phi) is 5.51. The van der Waals surface area contributed by atoms with Crippen molar-refractivity contribution in [3.05, 3.63) is 35.6 Å². The highest BCUT2D eigenvalue weighted by Gasteiger charge is 2.38. The Morgan fingerprint density at radius 2 is 1.92 bits per heavy atom. The van der Waals surface area contributed by atoms with Gasteiger partial charge in [-0.15, -0.1) is 0 Å². The van der Waals surface area contributed by atoms with Crippen molar-refractivity contribution in [3.63, 3.8) is 0 Å². The predicted molar refractivity (Wildman–Crippen MR) is 93.1 cm³/mol. The smallest absolute Gasteiger partial charge is 0.233 e. The third-order valence-corrected chi connectivity index (χ3v) is 5.66. The van der Waals surface area contributed by atoms with Gasteiger partial charge in [-0.3, -0.25) is 14.6 Å². The van der Waals surface area contributed by atoms with E-state index < -0.39 is 0 Å². The first-order valence-electron chi connectivity index (χ1n) is 8.99. The van der Waals surface area contributed by atoms with Crippen LogP contribution in [0.2, 0.25) is 0 Å². The Morgan fingerprint density at radius 3 is 2.62 bits per heavy atom. The van der Waals surface area contributed by atoms with Gasteiger partial charge < -0.3 is 5.32 Å². The number of likely N-dealkylation sites (tertiary alicyclic amines) is 2. The van der Waals surface area contributed by atoms with E-state index in [4.69, 9.17) is 0 Å². The molecule has 3 rings (SSSR count). The minimum absolute atomic E-state index is 0.0933. The molecule has 4 nitrogen and oxygen atoms in total. The van der Waals surface area contributed by atoms with E-state index in [0.717, 1.165) is 44.6 Å². The summed E-state index contributed by atoms with van der Waals surface area (Å²) in [6.07, 6.45) is 4.72. The van der Waals surface area contributed by atoms with Gasteiger partial charge in [0.1, 0.15) is 5.82 Å². The molecule has 132 valence electrons. The first-order valence-corrected chi connectivity index (χ1v) is 8.99. The Bertz CT molecular complexity index is 569. The molecule has 24 heavy (non-hydrogen) atoms. The molecule has 0 atom stereocenters. The minimum Gasteiger partial charge on any atom is -0.358 e. The number of hydrogen-bond acceptors (Lipinski definition) is 3. The number of carbonyl (C=O) groups excluding carboxylic acids is 1. The number of hydrogen-bond donors (Lipinski definition) is 1. The number of rotatable bonds is 4. The molecule has 2 aliphatic heterocycles. The normalized spacial score (nSPS) is 21.8. The SMILES string of the molecule is CNC(=O)CN1CCC2(CCCN(Cc3ccccc3F)C2)CC1. The highest BCUT2D eigenvalue weighted by molar-refractivity contribution is 5.77. The number of benzene rings is 1. The molecule has 0 aromatic heterocycles. The Morgan fingerprint density at radius 1 is 1.17 bits per heavy atom. The summed E-state index contributed by atoms with van der Waals surface area (Å²) in [5.41, 5.74) is 1.15. The summed E-state index contributed by atoms with van der Waals surface area (Å²) in [5, 5.41) is 2.70. The zero-order valence-electron chi connectivity index (χ0n) is 14.6. The second-order valence-corrected chi connectivity index (χ2v) is 7.35. The molecule has 0 radical (unpaired) electrons. The quantitative estimate of drug-likeness (QED) is 0.918. The molecule has 1 amide bonds. The van der Waals surface area contributed by atoms with Crippen LogP contribution in [-0.2, 0) is 11.3 Å². The van der Waals surface area contributed by atoms with Gasteiger partial charge in [0, 0.05) is 25.7 Å². The molecule has 0 aliphatic carbocycles. The van der Waals surface area contributed by atoms with Crippen LogP contribution in [0, 0.1) is 11.2 Å². The highest BCUT2D eigenvalue weighted by Crippen LogP contribution is 2.40. The van der Waals surface area contributed by atoms with Crippen molar-refractivity contribution in [2.75, 3.05) is 39.8 Å². The molecule has 0 unspecified atom stereocenters. The summed E-state index contributed by atoms with van der Waals surface area (Å²) in [6, 6.07) is 7.10. The first-order chi connectivity index (χ1) is 11.6. The van der Waals surface area contributed by atoms with Gasteiger partial charge in [-0.25, -0.2) is 4.39 Å². The monoisotopic (exact) mass is 333 g/mol. The molecule has 1 N–H and O–H groups in total. The number of carbonyl (C=O) groups is 1. The maximum Gasteiger partial charge on any atom is 0.233 e. The maximum atomic E-state index is 13.9. The lowest BCUT2D eigenvalue weighted by atomic mass is 9.72. The van der Waals surface area contributed by atoms with E-state index in [1.807, 2.05) is 12.1 Å². The lowest BCUT2D eigenvalue weighted by Gasteiger charge is -2.47. The van der Waals surface area contributed by atoms with E-state index >= 15 is 0 Å². The molecule has 1 spiro atoms. The summed E-state index contributed by atoms with van der Waals surface area (Å²) < 4.78 is 13.9. The van der Waals surface area contributed by atoms with E-state index in [2.05, 4.69) is 15.1 Å². The van der Waals surface area contributed by atoms with E-state index in [1.165, 1.54) is 12.8 Å². The van der Waals surface area contributed by atoms with Gasteiger partial charge in [0.05, 0.1) is 6.54 Å². The zero-order chi connectivity index (χ0) is 17.0. The van der Waals surface area contributed by atoms with Gasteiger partial charge in [-0.1, -0.05) is 18.2 Å². The van der Waals surface area contributed by atoms with Crippen molar-refractivity contribution in [1.29, 1.82) is 0 Å². The van der Waals surface area contributed by atoms with Crippen LogP contribution in [0.25, 0.3) is 0 Å². The zero-order valence-corrected chi connectivity index (χ0v) is 14.6. The Labute approximate surface area is 144 Å². The highest BCUT2D eigenvalue weighted by atomic mass is 19.1. The summed E-state index contributed by atoms with van der Waals surface area (Å²) in [4.78, 5) is 16.2. The van der Waals surface area contributed by atoms with Crippen LogP contribution in [-0.4, -0.2) is 55.5 Å². The van der Waals surface area contributed by atoms with Crippen molar-refractivity contribution >= 4 is 5.91 Å². The fourth-order valence-corrected chi connectivity index (χ4v) is 4.19. The van der Waals surface area contributed by atoms with E-state index in [0.29, 0.717) is 18.5 Å². The Hall–Kier alpha value is -1.46. The van der Waals surface area contributed by atoms with Crippen LogP contribution < -0.4 is 5.32 Å². The van der Waals surface area contributed by atoms with Crippen molar-refractivity contribution < 1.29 is 9.18 Å².